The Labute approximate surface area is 125 Å². The van der Waals surface area contributed by atoms with Crippen LogP contribution in [0.25, 0.3) is 0 Å². The summed E-state index contributed by atoms with van der Waals surface area (Å²) in [6.07, 6.45) is 9.17. The van der Waals surface area contributed by atoms with E-state index < -0.39 is 0 Å². The molecule has 0 aliphatic heterocycles. The van der Waals surface area contributed by atoms with Crippen molar-refractivity contribution >= 4 is 12.1 Å². The highest BCUT2D eigenvalue weighted by Gasteiger charge is 2.53. The fraction of sp³-hybridized carbons (Fsp3) is 0.529. The van der Waals surface area contributed by atoms with Crippen LogP contribution in [0.15, 0.2) is 29.4 Å². The number of rotatable bonds is 3. The van der Waals surface area contributed by atoms with E-state index in [4.69, 9.17) is 0 Å². The van der Waals surface area contributed by atoms with Crippen molar-refractivity contribution in [2.45, 2.75) is 38.5 Å². The fourth-order valence-corrected chi connectivity index (χ4v) is 3.54. The van der Waals surface area contributed by atoms with Gasteiger partial charge in [-0.15, -0.1) is 0 Å². The van der Waals surface area contributed by atoms with E-state index in [0.717, 1.165) is 5.56 Å². The number of nitrogens with one attached hydrogen (secondary N) is 1. The lowest BCUT2D eigenvalue weighted by Crippen LogP contribution is -2.21. The van der Waals surface area contributed by atoms with Crippen LogP contribution in [0.5, 0.6) is 5.75 Å². The number of nitrogens with zero attached hydrogens (tertiary/aromatic N) is 1. The van der Waals surface area contributed by atoms with E-state index in [-0.39, 0.29) is 17.6 Å². The Morgan fingerprint density at radius 1 is 1.10 bits per heavy atom. The maximum atomic E-state index is 12.2. The summed E-state index contributed by atoms with van der Waals surface area (Å²) < 4.78 is 0. The van der Waals surface area contributed by atoms with Gasteiger partial charge in [-0.05, 0) is 54.5 Å². The molecular weight excluding hydrogens is 264 g/mol. The Hall–Kier alpha value is -1.84. The number of benzene rings is 1. The van der Waals surface area contributed by atoms with E-state index in [1.54, 1.807) is 30.5 Å². The number of aromatic hydroxyl groups is 1. The van der Waals surface area contributed by atoms with Crippen molar-refractivity contribution in [2.75, 3.05) is 0 Å². The van der Waals surface area contributed by atoms with E-state index in [1.165, 1.54) is 38.5 Å². The van der Waals surface area contributed by atoms with Gasteiger partial charge in [-0.3, -0.25) is 4.79 Å². The summed E-state index contributed by atoms with van der Waals surface area (Å²) in [5.74, 6) is 1.66. The fourth-order valence-electron chi connectivity index (χ4n) is 3.54. The zero-order chi connectivity index (χ0) is 14.7. The van der Waals surface area contributed by atoms with Gasteiger partial charge in [0.1, 0.15) is 5.75 Å². The highest BCUT2D eigenvalue weighted by atomic mass is 16.3. The molecule has 112 valence electrons. The number of phenols is 1. The number of amides is 1. The third-order valence-electron chi connectivity index (χ3n) is 4.74. The maximum absolute atomic E-state index is 12.2. The third-order valence-corrected chi connectivity index (χ3v) is 4.74. The van der Waals surface area contributed by atoms with Gasteiger partial charge in [-0.25, -0.2) is 5.43 Å². The number of phenolic OH excluding ortho intramolecular Hbond substituents is 1. The summed E-state index contributed by atoms with van der Waals surface area (Å²) >= 11 is 0. The molecule has 0 bridgehead atoms. The number of fused-ring (bicyclic) bond motifs is 1. The maximum Gasteiger partial charge on any atom is 0.243 e. The first-order valence-corrected chi connectivity index (χ1v) is 7.87. The van der Waals surface area contributed by atoms with Crippen LogP contribution < -0.4 is 5.43 Å². The van der Waals surface area contributed by atoms with Crippen molar-refractivity contribution in [3.63, 3.8) is 0 Å². The molecule has 0 radical (unpaired) electrons. The zero-order valence-electron chi connectivity index (χ0n) is 12.2. The first kappa shape index (κ1) is 14.1. The largest absolute Gasteiger partial charge is 0.508 e. The number of hydrazone groups is 1. The smallest absolute Gasteiger partial charge is 0.243 e. The summed E-state index contributed by atoms with van der Waals surface area (Å²) in [7, 11) is 0. The molecule has 0 spiro atoms. The Balaban J connectivity index is 1.51. The van der Waals surface area contributed by atoms with Crippen LogP contribution in [0, 0.1) is 17.8 Å². The van der Waals surface area contributed by atoms with Gasteiger partial charge in [0.05, 0.1) is 6.21 Å². The molecule has 21 heavy (non-hydrogen) atoms. The summed E-state index contributed by atoms with van der Waals surface area (Å²) in [6.45, 7) is 0. The number of hydrogen-bond donors (Lipinski definition) is 2. The zero-order valence-corrected chi connectivity index (χ0v) is 12.2. The predicted molar refractivity (Wildman–Crippen MR) is 82.0 cm³/mol. The van der Waals surface area contributed by atoms with Crippen molar-refractivity contribution in [1.82, 2.24) is 5.43 Å². The van der Waals surface area contributed by atoms with Gasteiger partial charge in [0.25, 0.3) is 0 Å². The second-order valence-electron chi connectivity index (χ2n) is 6.17. The lowest BCUT2D eigenvalue weighted by molar-refractivity contribution is -0.122. The van der Waals surface area contributed by atoms with Crippen LogP contribution in [0.2, 0.25) is 0 Å². The van der Waals surface area contributed by atoms with E-state index in [2.05, 4.69) is 10.5 Å². The Morgan fingerprint density at radius 2 is 1.71 bits per heavy atom. The molecular formula is C17H22N2O2. The molecule has 2 unspecified atom stereocenters. The third kappa shape index (κ3) is 3.43. The Kier molecular flexibility index (Phi) is 4.23. The molecule has 2 atom stereocenters. The quantitative estimate of drug-likeness (QED) is 0.662. The SMILES string of the molecule is O=C(N/N=C/c1ccc(O)cc1)C1C2CCCCCCC21. The van der Waals surface area contributed by atoms with E-state index in [0.29, 0.717) is 11.8 Å². The molecule has 1 amide bonds. The van der Waals surface area contributed by atoms with Crippen molar-refractivity contribution < 1.29 is 9.90 Å². The molecule has 4 heteroatoms. The standard InChI is InChI=1S/C17H22N2O2/c20-13-9-7-12(8-10-13)11-18-19-17(21)16-14-5-3-1-2-4-6-15(14)16/h7-11,14-16,20H,1-6H2,(H,19,21)/b18-11+. The van der Waals surface area contributed by atoms with Crippen LogP contribution in [0.3, 0.4) is 0 Å². The minimum Gasteiger partial charge on any atom is -0.508 e. The second-order valence-corrected chi connectivity index (χ2v) is 6.17. The van der Waals surface area contributed by atoms with Gasteiger partial charge < -0.3 is 5.11 Å². The van der Waals surface area contributed by atoms with Crippen LogP contribution in [-0.2, 0) is 4.79 Å². The minimum atomic E-state index is 0.0712. The summed E-state index contributed by atoms with van der Waals surface area (Å²) in [4.78, 5) is 12.2. The molecule has 2 fully saturated rings. The van der Waals surface area contributed by atoms with Crippen LogP contribution in [0.4, 0.5) is 0 Å². The van der Waals surface area contributed by atoms with Gasteiger partial charge in [0.2, 0.25) is 5.91 Å². The molecule has 1 aromatic rings. The average molecular weight is 286 g/mol. The van der Waals surface area contributed by atoms with Crippen molar-refractivity contribution in [3.8, 4) is 5.75 Å². The number of carbonyl (C=O) groups is 1. The molecule has 2 saturated carbocycles. The van der Waals surface area contributed by atoms with Gasteiger partial charge in [-0.1, -0.05) is 25.7 Å². The first-order chi connectivity index (χ1) is 10.3. The van der Waals surface area contributed by atoms with Gasteiger partial charge >= 0.3 is 0 Å². The van der Waals surface area contributed by atoms with E-state index >= 15 is 0 Å². The molecule has 1 aromatic carbocycles. The summed E-state index contributed by atoms with van der Waals surface area (Å²) in [5, 5.41) is 13.2. The van der Waals surface area contributed by atoms with Gasteiger partial charge in [0.15, 0.2) is 0 Å². The first-order valence-electron chi connectivity index (χ1n) is 7.87. The molecule has 2 aliphatic carbocycles. The molecule has 0 heterocycles. The van der Waals surface area contributed by atoms with E-state index in [1.807, 2.05) is 0 Å². The Bertz CT molecular complexity index is 510. The van der Waals surface area contributed by atoms with Crippen molar-refractivity contribution in [2.24, 2.45) is 22.9 Å². The average Bonchev–Trinajstić information content (AvgIpc) is 3.12. The molecule has 3 rings (SSSR count). The number of carbonyl (C=O) groups excluding carboxylic acids is 1. The second kappa shape index (κ2) is 6.29. The topological polar surface area (TPSA) is 61.7 Å². The molecule has 2 aliphatic rings. The van der Waals surface area contributed by atoms with Crippen molar-refractivity contribution in [3.05, 3.63) is 29.8 Å². The highest BCUT2D eigenvalue weighted by molar-refractivity contribution is 5.85. The summed E-state index contributed by atoms with van der Waals surface area (Å²) in [6, 6.07) is 6.73. The lowest BCUT2D eigenvalue weighted by Gasteiger charge is -2.04. The molecule has 0 saturated heterocycles. The van der Waals surface area contributed by atoms with Gasteiger partial charge in [0, 0.05) is 5.92 Å². The monoisotopic (exact) mass is 286 g/mol. The summed E-state index contributed by atoms with van der Waals surface area (Å²) in [5.41, 5.74) is 3.53. The predicted octanol–water partition coefficient (Wildman–Crippen LogP) is 3.06. The molecule has 0 aromatic heterocycles. The van der Waals surface area contributed by atoms with E-state index in [9.17, 15) is 9.90 Å². The molecule has 4 nitrogen and oxygen atoms in total. The normalized spacial score (nSPS) is 28.5. The van der Waals surface area contributed by atoms with Crippen LogP contribution in [-0.4, -0.2) is 17.2 Å². The highest BCUT2D eigenvalue weighted by Crippen LogP contribution is 2.53. The molecule has 2 N–H and O–H groups in total. The minimum absolute atomic E-state index is 0.0712. The van der Waals surface area contributed by atoms with Crippen LogP contribution in [0.1, 0.15) is 44.1 Å². The number of hydrogen-bond acceptors (Lipinski definition) is 3. The Morgan fingerprint density at radius 3 is 2.33 bits per heavy atom. The van der Waals surface area contributed by atoms with Crippen LogP contribution >= 0.6 is 0 Å². The van der Waals surface area contributed by atoms with Gasteiger partial charge in [-0.2, -0.15) is 5.10 Å². The van der Waals surface area contributed by atoms with Crippen molar-refractivity contribution in [1.29, 1.82) is 0 Å². The lowest BCUT2D eigenvalue weighted by atomic mass is 10.0.